The van der Waals surface area contributed by atoms with E-state index in [0.29, 0.717) is 11.4 Å². The largest absolute Gasteiger partial charge is 2.00 e. The zero-order chi connectivity index (χ0) is 37.2. The van der Waals surface area contributed by atoms with Crippen molar-refractivity contribution in [2.45, 2.75) is 80.6 Å². The topological polar surface area (TPSA) is 67.7 Å². The number of hydrogen-bond donors (Lipinski definition) is 0. The first-order valence-corrected chi connectivity index (χ1v) is 21.1. The van der Waals surface area contributed by atoms with Gasteiger partial charge in [-0.2, -0.15) is 5.10 Å². The second kappa shape index (κ2) is 16.2. The minimum atomic E-state index is -10.7. The van der Waals surface area contributed by atoms with Crippen LogP contribution in [-0.2, 0) is 19.5 Å². The maximum atomic E-state index is 12.6. The van der Waals surface area contributed by atoms with Gasteiger partial charge in [0, 0.05) is 19.7 Å². The Morgan fingerprint density at radius 1 is 0.706 bits per heavy atom. The van der Waals surface area contributed by atoms with Crippen molar-refractivity contribution in [2.24, 2.45) is 5.92 Å². The molecule has 0 spiro atoms. The van der Waals surface area contributed by atoms with Crippen LogP contribution in [0.5, 0.6) is 5.88 Å². The van der Waals surface area contributed by atoms with Gasteiger partial charge in [0.05, 0.1) is 37.0 Å². The molecule has 0 N–H and O–H groups in total. The van der Waals surface area contributed by atoms with Gasteiger partial charge in [-0.15, -0.1) is 0 Å². The number of halogens is 6. The molecule has 5 heterocycles. The van der Waals surface area contributed by atoms with Crippen molar-refractivity contribution < 1.29 is 54.6 Å². The van der Waals surface area contributed by atoms with E-state index in [1.165, 1.54) is 83.3 Å². The minimum Gasteiger partial charge on any atom is 2.00 e. The molecule has 0 atom stereocenters. The first-order valence-electron chi connectivity index (χ1n) is 17.0. The van der Waals surface area contributed by atoms with E-state index in [-0.39, 0.29) is 50.5 Å². The number of Topliss-reactive ketones (excluding diaryl/α,β-unsaturated/α-hetero) is 1. The number of benzene rings is 2. The summed E-state index contributed by atoms with van der Waals surface area (Å²) in [6.45, 7) is 18.8. The van der Waals surface area contributed by atoms with Crippen LogP contribution >= 0.6 is 15.7 Å². The van der Waals surface area contributed by atoms with Gasteiger partial charge in [0.2, 0.25) is 0 Å². The van der Waals surface area contributed by atoms with E-state index in [1.54, 1.807) is 6.92 Å². The smallest absolute Gasteiger partial charge is 2.00 e. The molecule has 8 rings (SSSR count). The Labute approximate surface area is 311 Å². The number of carbonyl (C=O) groups excluding carboxylic acids is 1. The zero-order valence-electron chi connectivity index (χ0n) is 30.4. The molecule has 5 fully saturated rings. The van der Waals surface area contributed by atoms with Crippen LogP contribution < -0.4 is 5.11 Å². The quantitative estimate of drug-likeness (QED) is 0.113. The molecular formula is C35H50F6N5O2P2Ru+. The van der Waals surface area contributed by atoms with E-state index in [4.69, 9.17) is 0 Å². The van der Waals surface area contributed by atoms with Crippen molar-refractivity contribution in [3.05, 3.63) is 75.0 Å². The van der Waals surface area contributed by atoms with Gasteiger partial charge in [-0.25, -0.2) is 19.4 Å². The Bertz CT molecular complexity index is 1510. The summed E-state index contributed by atoms with van der Waals surface area (Å²) in [5.41, 5.74) is 10.3. The molecule has 4 bridgehead atoms. The molecule has 1 aromatic heterocycles. The number of rotatable bonds is 3. The molecule has 7 nitrogen and oxygen atoms in total. The number of aryl methyl sites for hydroxylation is 1. The number of carbonyl (C=O) groups is 1. The minimum absolute atomic E-state index is 0. The zero-order valence-corrected chi connectivity index (χ0v) is 34.0. The maximum absolute atomic E-state index is 12.6. The van der Waals surface area contributed by atoms with Crippen LogP contribution in [0.2, 0.25) is 0 Å². The molecule has 51 heavy (non-hydrogen) atoms. The summed E-state index contributed by atoms with van der Waals surface area (Å²) in [5, 5.41) is 16.8. The fraction of sp³-hybridized carbons (Fsp3) is 0.543. The Kier molecular flexibility index (Phi) is 13.8. The average Bonchev–Trinajstić information content (AvgIpc) is 3.34. The van der Waals surface area contributed by atoms with E-state index in [1.807, 2.05) is 30.3 Å². The fourth-order valence-electron chi connectivity index (χ4n) is 7.17. The van der Waals surface area contributed by atoms with Gasteiger partial charge in [0.1, 0.15) is 18.9 Å². The molecule has 3 aromatic rings. The van der Waals surface area contributed by atoms with Crippen LogP contribution in [0.4, 0.5) is 25.2 Å². The Balaban J connectivity index is 0.000000199. The van der Waals surface area contributed by atoms with Crippen LogP contribution in [0.3, 0.4) is 0 Å². The number of aromatic nitrogens is 2. The van der Waals surface area contributed by atoms with E-state index < -0.39 is 7.81 Å². The third-order valence-corrected chi connectivity index (χ3v) is 12.8. The summed E-state index contributed by atoms with van der Waals surface area (Å²) in [5.74, 6) is -0.299. The molecule has 4 saturated heterocycles. The van der Waals surface area contributed by atoms with Crippen molar-refractivity contribution >= 4 is 21.5 Å². The second-order valence-electron chi connectivity index (χ2n) is 14.1. The fourth-order valence-corrected chi connectivity index (χ4v) is 9.97. The van der Waals surface area contributed by atoms with Crippen LogP contribution in [-0.4, -0.2) is 69.1 Å². The van der Waals surface area contributed by atoms with E-state index >= 15 is 0 Å². The monoisotopic (exact) mass is 850 g/mol. The van der Waals surface area contributed by atoms with Crippen molar-refractivity contribution in [1.29, 1.82) is 0 Å². The van der Waals surface area contributed by atoms with Crippen LogP contribution in [0.25, 0.3) is 5.69 Å². The van der Waals surface area contributed by atoms with Gasteiger partial charge < -0.3 is 5.11 Å². The van der Waals surface area contributed by atoms with Gasteiger partial charge in [-0.1, -0.05) is 37.5 Å². The molecule has 0 unspecified atom stereocenters. The van der Waals surface area contributed by atoms with Gasteiger partial charge in [-0.05, 0) is 107 Å². The molecule has 4 aliphatic heterocycles. The summed E-state index contributed by atoms with van der Waals surface area (Å²) in [7, 11) is -10.6. The van der Waals surface area contributed by atoms with Crippen molar-refractivity contribution in [1.82, 2.24) is 24.5 Å². The second-order valence-corrected chi connectivity index (χ2v) is 18.4. The number of hydrogen-bond acceptors (Lipinski definition) is 6. The molecule has 1 aliphatic carbocycles. The van der Waals surface area contributed by atoms with Gasteiger partial charge >= 0.3 is 52.5 Å². The summed E-state index contributed by atoms with van der Waals surface area (Å²) in [4.78, 5) is 20.4. The van der Waals surface area contributed by atoms with Crippen molar-refractivity contribution in [3.8, 4) is 11.6 Å². The third-order valence-electron chi connectivity index (χ3n) is 10.2. The molecule has 2 aromatic carbocycles. The van der Waals surface area contributed by atoms with Gasteiger partial charge in [0.25, 0.3) is 0 Å². The predicted molar refractivity (Wildman–Crippen MR) is 190 cm³/mol. The SMILES string of the molecule is C1N2CN3CN1C[PH+](C2)C3.Cc1c(C)c(C)c(C)c(C)c1C.Cc1nn(-c2ccccc2)c([O-])c1C(=O)C1CCCCC1.F[P-](F)(F)(F)(F)F.[Ru+2]. The summed E-state index contributed by atoms with van der Waals surface area (Å²) in [6, 6.07) is 9.24. The summed E-state index contributed by atoms with van der Waals surface area (Å²) in [6.07, 6.45) is 9.51. The normalized spacial score (nSPS) is 23.5. The molecule has 16 heteroatoms. The first kappa shape index (κ1) is 43.5. The molecular weight excluding hydrogens is 799 g/mol. The molecule has 5 aliphatic rings. The molecule has 286 valence electrons. The average molecular weight is 850 g/mol. The van der Waals surface area contributed by atoms with Gasteiger partial charge in [0.15, 0.2) is 5.78 Å². The number of para-hydroxylation sites is 1. The van der Waals surface area contributed by atoms with Crippen LogP contribution in [0, 0.1) is 54.4 Å². The Hall–Kier alpha value is -1.94. The van der Waals surface area contributed by atoms with Crippen molar-refractivity contribution in [3.63, 3.8) is 0 Å². The Morgan fingerprint density at radius 2 is 1.08 bits per heavy atom. The number of nitrogens with zero attached hydrogens (tertiary/aromatic N) is 5. The van der Waals surface area contributed by atoms with E-state index in [0.717, 1.165) is 25.7 Å². The van der Waals surface area contributed by atoms with Gasteiger partial charge in [-0.3, -0.25) is 4.79 Å². The number of ketones is 1. The Morgan fingerprint density at radius 3 is 1.43 bits per heavy atom. The van der Waals surface area contributed by atoms with Crippen molar-refractivity contribution in [2.75, 3.05) is 38.9 Å². The maximum Gasteiger partial charge on any atom is 2.00 e. The predicted octanol–water partition coefficient (Wildman–Crippen LogP) is 9.83. The van der Waals surface area contributed by atoms with E-state index in [2.05, 4.69) is 61.3 Å². The third kappa shape index (κ3) is 12.6. The first-order chi connectivity index (χ1) is 23.0. The standard InChI is InChI=1S/C17H20N2O2.C12H18.C6H12N3P.F6P.Ru/c1-12-15(16(20)13-8-4-2-5-9-13)17(21)19(18-12)14-10-6-3-7-11-14;1-7-8(2)10(4)12(6)11(5)9(7)3;1-7-2-9-3-8(1)5-10(4-7)6-9;1-7(2,3,4,5)6;/h3,6-7,10-11,13,21H,2,4-5,8-9H2,1H3;1-6H3;1-6H2;;/q;;;-1;+2. The molecule has 1 saturated carbocycles. The molecule has 0 radical (unpaired) electrons. The van der Waals surface area contributed by atoms with E-state index in [9.17, 15) is 35.1 Å². The van der Waals surface area contributed by atoms with Crippen LogP contribution in [0.15, 0.2) is 30.3 Å². The summed E-state index contributed by atoms with van der Waals surface area (Å²) >= 11 is 0. The summed E-state index contributed by atoms with van der Waals surface area (Å²) < 4.78 is 60.5. The molecule has 0 amide bonds. The van der Waals surface area contributed by atoms with Crippen LogP contribution in [0.1, 0.15) is 81.5 Å².